The zero-order chi connectivity index (χ0) is 23.4. The first-order valence-electron chi connectivity index (χ1n) is 11.0. The number of aromatic amines is 1. The number of nitrogens with one attached hydrogen (secondary N) is 2. The van der Waals surface area contributed by atoms with Crippen LogP contribution in [0, 0.1) is 13.8 Å². The maximum atomic E-state index is 12.8. The second-order valence-electron chi connectivity index (χ2n) is 8.05. The molecule has 0 saturated carbocycles. The van der Waals surface area contributed by atoms with Crippen molar-refractivity contribution < 1.29 is 23.8 Å². The van der Waals surface area contributed by atoms with Gasteiger partial charge in [-0.3, -0.25) is 4.79 Å². The first kappa shape index (κ1) is 22.6. The highest BCUT2D eigenvalue weighted by Crippen LogP contribution is 2.30. The van der Waals surface area contributed by atoms with E-state index >= 15 is 0 Å². The summed E-state index contributed by atoms with van der Waals surface area (Å²) in [5.74, 6) is 0.236. The molecule has 4 rings (SSSR count). The van der Waals surface area contributed by atoms with Crippen LogP contribution in [-0.4, -0.2) is 43.8 Å². The minimum atomic E-state index is -0.467. The van der Waals surface area contributed by atoms with E-state index in [0.29, 0.717) is 35.7 Å². The van der Waals surface area contributed by atoms with Gasteiger partial charge in [-0.25, -0.2) is 4.79 Å². The average molecular weight is 449 g/mol. The zero-order valence-electron chi connectivity index (χ0n) is 19.1. The van der Waals surface area contributed by atoms with Gasteiger partial charge in [0.2, 0.25) is 0 Å². The van der Waals surface area contributed by atoms with Crippen LogP contribution in [-0.2, 0) is 22.4 Å². The van der Waals surface area contributed by atoms with E-state index in [1.54, 1.807) is 21.0 Å². The van der Waals surface area contributed by atoms with Gasteiger partial charge in [0.05, 0.1) is 18.8 Å². The van der Waals surface area contributed by atoms with E-state index in [1.807, 2.05) is 18.2 Å². The molecular formula is C26H28N2O5. The lowest BCUT2D eigenvalue weighted by Gasteiger charge is -2.08. The highest BCUT2D eigenvalue weighted by molar-refractivity contribution is 6.00. The number of ether oxygens (including phenoxy) is 3. The number of hydrogen-bond donors (Lipinski definition) is 2. The molecule has 7 nitrogen and oxygen atoms in total. The topological polar surface area (TPSA) is 89.7 Å². The molecule has 0 saturated heterocycles. The highest BCUT2D eigenvalue weighted by Gasteiger charge is 2.23. The Morgan fingerprint density at radius 1 is 1.06 bits per heavy atom. The van der Waals surface area contributed by atoms with E-state index in [1.165, 1.54) is 5.56 Å². The lowest BCUT2D eigenvalue weighted by molar-refractivity contribution is 0.0387. The Balaban J connectivity index is 1.39. The minimum Gasteiger partial charge on any atom is -0.493 e. The van der Waals surface area contributed by atoms with Crippen LogP contribution in [0.15, 0.2) is 42.5 Å². The lowest BCUT2D eigenvalue weighted by Crippen LogP contribution is -2.24. The summed E-state index contributed by atoms with van der Waals surface area (Å²) in [7, 11) is 1.54. The molecule has 0 bridgehead atoms. The Labute approximate surface area is 193 Å². The first-order valence-corrected chi connectivity index (χ1v) is 11.0. The number of amides is 1. The summed E-state index contributed by atoms with van der Waals surface area (Å²) in [6, 6.07) is 14.4. The van der Waals surface area contributed by atoms with Crippen molar-refractivity contribution in [3.8, 4) is 16.9 Å². The van der Waals surface area contributed by atoms with Crippen LogP contribution in [0.1, 0.15) is 43.2 Å². The summed E-state index contributed by atoms with van der Waals surface area (Å²) in [4.78, 5) is 28.1. The summed E-state index contributed by atoms with van der Waals surface area (Å²) in [5.41, 5.74) is 6.42. The van der Waals surface area contributed by atoms with E-state index in [4.69, 9.17) is 14.2 Å². The van der Waals surface area contributed by atoms with Crippen LogP contribution in [0.2, 0.25) is 0 Å². The van der Waals surface area contributed by atoms with Gasteiger partial charge in [0.15, 0.2) is 0 Å². The van der Waals surface area contributed by atoms with Crippen molar-refractivity contribution in [3.63, 3.8) is 0 Å². The Hall–Kier alpha value is -3.58. The molecule has 0 fully saturated rings. The number of esters is 1. The van der Waals surface area contributed by atoms with Crippen LogP contribution >= 0.6 is 0 Å². The largest absolute Gasteiger partial charge is 0.493 e. The molecule has 0 unspecified atom stereocenters. The number of carbonyl (C=O) groups excluding carboxylic acids is 2. The molecule has 33 heavy (non-hydrogen) atoms. The van der Waals surface area contributed by atoms with Gasteiger partial charge >= 0.3 is 5.97 Å². The quantitative estimate of drug-likeness (QED) is 0.402. The summed E-state index contributed by atoms with van der Waals surface area (Å²) in [5, 5.41) is 2.92. The third-order valence-corrected chi connectivity index (χ3v) is 5.82. The molecule has 172 valence electrons. The van der Waals surface area contributed by atoms with Crippen LogP contribution in [0.5, 0.6) is 5.75 Å². The van der Waals surface area contributed by atoms with E-state index in [-0.39, 0.29) is 12.5 Å². The van der Waals surface area contributed by atoms with Gasteiger partial charge in [-0.15, -0.1) is 0 Å². The van der Waals surface area contributed by atoms with Gasteiger partial charge in [-0.05, 0) is 53.8 Å². The highest BCUT2D eigenvalue weighted by atomic mass is 16.6. The molecule has 2 heterocycles. The van der Waals surface area contributed by atoms with Crippen molar-refractivity contribution in [3.05, 3.63) is 76.1 Å². The minimum absolute atomic E-state index is 0.163. The molecule has 1 aromatic heterocycles. The van der Waals surface area contributed by atoms with Gasteiger partial charge in [-0.1, -0.05) is 30.3 Å². The maximum absolute atomic E-state index is 12.8. The number of rotatable bonds is 8. The number of H-pyrrole nitrogens is 1. The molecule has 1 amide bonds. The number of carbonyl (C=O) groups is 2. The van der Waals surface area contributed by atoms with Crippen molar-refractivity contribution in [2.24, 2.45) is 0 Å². The van der Waals surface area contributed by atoms with Crippen molar-refractivity contribution in [2.45, 2.75) is 26.8 Å². The number of aryl methyl sites for hydroxylation is 1. The fourth-order valence-corrected chi connectivity index (χ4v) is 4.03. The normalized spacial score (nSPS) is 12.2. The fourth-order valence-electron chi connectivity index (χ4n) is 4.03. The van der Waals surface area contributed by atoms with Gasteiger partial charge in [0, 0.05) is 25.8 Å². The van der Waals surface area contributed by atoms with Crippen LogP contribution in [0.3, 0.4) is 0 Å². The van der Waals surface area contributed by atoms with Crippen LogP contribution in [0.25, 0.3) is 11.1 Å². The maximum Gasteiger partial charge on any atom is 0.340 e. The summed E-state index contributed by atoms with van der Waals surface area (Å²) in [6.45, 7) is 5.09. The van der Waals surface area contributed by atoms with E-state index in [2.05, 4.69) is 34.6 Å². The smallest absolute Gasteiger partial charge is 0.340 e. The van der Waals surface area contributed by atoms with Gasteiger partial charge in [-0.2, -0.15) is 0 Å². The standard InChI is InChI=1S/C26H28N2O5/c1-16-23(26(30)33-13-12-31-3)17(2)28-24(16)25(29)27-15-18-4-6-19(7-5-18)20-8-9-22-21(14-20)10-11-32-22/h4-9,14,28H,10-13,15H2,1-3H3,(H,27,29). The van der Waals surface area contributed by atoms with Crippen LogP contribution < -0.4 is 10.1 Å². The molecular weight excluding hydrogens is 420 g/mol. The van der Waals surface area contributed by atoms with Gasteiger partial charge < -0.3 is 24.5 Å². The number of methoxy groups -OCH3 is 1. The predicted octanol–water partition coefficient (Wildman–Crippen LogP) is 3.97. The molecule has 0 radical (unpaired) electrons. The molecule has 0 atom stereocenters. The van der Waals surface area contributed by atoms with Crippen molar-refractivity contribution in [1.29, 1.82) is 0 Å². The number of hydrogen-bond acceptors (Lipinski definition) is 5. The zero-order valence-corrected chi connectivity index (χ0v) is 19.1. The Bertz CT molecular complexity index is 1160. The third-order valence-electron chi connectivity index (χ3n) is 5.82. The lowest BCUT2D eigenvalue weighted by atomic mass is 10.0. The molecule has 3 aromatic rings. The molecule has 0 aliphatic carbocycles. The fraction of sp³-hybridized carbons (Fsp3) is 0.308. The molecule has 2 aromatic carbocycles. The first-order chi connectivity index (χ1) is 16.0. The Kier molecular flexibility index (Phi) is 6.79. The molecule has 2 N–H and O–H groups in total. The van der Waals surface area contributed by atoms with Crippen molar-refractivity contribution in [2.75, 3.05) is 26.9 Å². The SMILES string of the molecule is COCCOC(=O)c1c(C)[nH]c(C(=O)NCc2ccc(-c3ccc4c(c3)CCO4)cc2)c1C. The van der Waals surface area contributed by atoms with Crippen molar-refractivity contribution >= 4 is 11.9 Å². The van der Waals surface area contributed by atoms with E-state index in [0.717, 1.165) is 35.5 Å². The second kappa shape index (κ2) is 9.92. The van der Waals surface area contributed by atoms with E-state index in [9.17, 15) is 9.59 Å². The van der Waals surface area contributed by atoms with Crippen molar-refractivity contribution in [1.82, 2.24) is 10.3 Å². The average Bonchev–Trinajstić information content (AvgIpc) is 3.41. The Morgan fingerprint density at radius 3 is 2.58 bits per heavy atom. The molecule has 7 heteroatoms. The second-order valence-corrected chi connectivity index (χ2v) is 8.05. The van der Waals surface area contributed by atoms with Crippen LogP contribution in [0.4, 0.5) is 0 Å². The molecule has 1 aliphatic heterocycles. The summed E-state index contributed by atoms with van der Waals surface area (Å²) in [6.07, 6.45) is 0.942. The molecule has 0 spiro atoms. The molecule has 1 aliphatic rings. The Morgan fingerprint density at radius 2 is 1.82 bits per heavy atom. The number of fused-ring (bicyclic) bond motifs is 1. The summed E-state index contributed by atoms with van der Waals surface area (Å²) >= 11 is 0. The monoisotopic (exact) mass is 448 g/mol. The van der Waals surface area contributed by atoms with Gasteiger partial charge in [0.25, 0.3) is 5.91 Å². The van der Waals surface area contributed by atoms with Gasteiger partial charge in [0.1, 0.15) is 18.1 Å². The predicted molar refractivity (Wildman–Crippen MR) is 125 cm³/mol. The summed E-state index contributed by atoms with van der Waals surface area (Å²) < 4.78 is 15.7. The number of benzene rings is 2. The van der Waals surface area contributed by atoms with E-state index < -0.39 is 5.97 Å². The third kappa shape index (κ3) is 4.93. The number of aromatic nitrogens is 1.